The molecule has 5 rings (SSSR count). The van der Waals surface area contributed by atoms with Crippen LogP contribution < -0.4 is 0 Å². The lowest BCUT2D eigenvalue weighted by atomic mass is 9.48. The maximum absolute atomic E-state index is 12.7. The van der Waals surface area contributed by atoms with Gasteiger partial charge in [-0.05, 0) is 55.8 Å². The minimum Gasteiger partial charge on any atom is -0.340 e. The summed E-state index contributed by atoms with van der Waals surface area (Å²) in [5.41, 5.74) is 3.10. The summed E-state index contributed by atoms with van der Waals surface area (Å²) < 4.78 is 0.338. The van der Waals surface area contributed by atoms with E-state index < -0.39 is 0 Å². The van der Waals surface area contributed by atoms with Crippen molar-refractivity contribution in [1.29, 1.82) is 0 Å². The van der Waals surface area contributed by atoms with Gasteiger partial charge in [-0.1, -0.05) is 15.9 Å². The molecule has 120 valence electrons. The van der Waals surface area contributed by atoms with Crippen molar-refractivity contribution in [1.82, 2.24) is 9.88 Å². The van der Waals surface area contributed by atoms with Crippen LogP contribution in [0.1, 0.15) is 50.6 Å². The molecule has 0 aliphatic heterocycles. The van der Waals surface area contributed by atoms with Crippen molar-refractivity contribution in [3.8, 4) is 0 Å². The average molecular weight is 383 g/mol. The van der Waals surface area contributed by atoms with Gasteiger partial charge in [0, 0.05) is 23.2 Å². The molecule has 1 heterocycles. The predicted molar refractivity (Wildman–Crippen MR) is 92.0 cm³/mol. The summed E-state index contributed by atoms with van der Waals surface area (Å²) in [5, 5.41) is 2.03. The minimum absolute atomic E-state index is 0.265. The van der Waals surface area contributed by atoms with Gasteiger partial charge in [0.05, 0.1) is 17.7 Å². The van der Waals surface area contributed by atoms with Crippen LogP contribution in [0.25, 0.3) is 0 Å². The number of amides is 1. The number of hydrogen-bond acceptors (Lipinski definition) is 3. The molecule has 0 saturated heterocycles. The Hall–Kier alpha value is -0.420. The lowest BCUT2D eigenvalue weighted by molar-refractivity contribution is -0.137. The Morgan fingerprint density at radius 3 is 2.73 bits per heavy atom. The molecule has 22 heavy (non-hydrogen) atoms. The SMILES string of the molecule is CN(Cc1cscn1)C(=O)CC12C[C@H]3C[C@@H](CC(Br)(C3)C1)C2. The summed E-state index contributed by atoms with van der Waals surface area (Å²) in [6.45, 7) is 0.644. The number of thiazole rings is 1. The summed E-state index contributed by atoms with van der Waals surface area (Å²) in [4.78, 5) is 18.9. The third-order valence-corrected chi connectivity index (χ3v) is 7.51. The van der Waals surface area contributed by atoms with Gasteiger partial charge in [-0.15, -0.1) is 11.3 Å². The molecule has 0 spiro atoms. The molecule has 5 heteroatoms. The monoisotopic (exact) mass is 382 g/mol. The highest BCUT2D eigenvalue weighted by Crippen LogP contribution is 2.65. The molecule has 4 aliphatic rings. The van der Waals surface area contributed by atoms with Crippen molar-refractivity contribution in [2.24, 2.45) is 17.3 Å². The summed E-state index contributed by atoms with van der Waals surface area (Å²) in [6.07, 6.45) is 8.53. The van der Waals surface area contributed by atoms with Gasteiger partial charge in [-0.25, -0.2) is 4.98 Å². The Morgan fingerprint density at radius 2 is 2.14 bits per heavy atom. The number of halogens is 1. The maximum atomic E-state index is 12.7. The van der Waals surface area contributed by atoms with Crippen molar-refractivity contribution in [3.63, 3.8) is 0 Å². The fraction of sp³-hybridized carbons (Fsp3) is 0.765. The molecular weight excluding hydrogens is 360 g/mol. The molecule has 1 aromatic rings. The first-order valence-corrected chi connectivity index (χ1v) is 9.99. The fourth-order valence-electron chi connectivity index (χ4n) is 5.65. The van der Waals surface area contributed by atoms with Gasteiger partial charge in [0.2, 0.25) is 5.91 Å². The van der Waals surface area contributed by atoms with E-state index in [9.17, 15) is 4.79 Å². The quantitative estimate of drug-likeness (QED) is 0.730. The van der Waals surface area contributed by atoms with Gasteiger partial charge < -0.3 is 4.90 Å². The Labute approximate surface area is 144 Å². The number of rotatable bonds is 4. The molecule has 4 saturated carbocycles. The summed E-state index contributed by atoms with van der Waals surface area (Å²) in [5.74, 6) is 1.99. The third kappa shape index (κ3) is 2.75. The van der Waals surface area contributed by atoms with E-state index >= 15 is 0 Å². The van der Waals surface area contributed by atoms with Crippen LogP contribution in [0.4, 0.5) is 0 Å². The number of aromatic nitrogens is 1. The van der Waals surface area contributed by atoms with Crippen LogP contribution in [-0.4, -0.2) is 27.2 Å². The molecule has 0 radical (unpaired) electrons. The summed E-state index contributed by atoms with van der Waals surface area (Å²) >= 11 is 5.63. The van der Waals surface area contributed by atoms with Gasteiger partial charge in [-0.3, -0.25) is 4.79 Å². The first kappa shape index (κ1) is 15.1. The van der Waals surface area contributed by atoms with Crippen LogP contribution in [0.2, 0.25) is 0 Å². The molecule has 4 fully saturated rings. The van der Waals surface area contributed by atoms with E-state index in [1.807, 2.05) is 22.8 Å². The lowest BCUT2D eigenvalue weighted by Gasteiger charge is -2.60. The number of carbonyl (C=O) groups is 1. The zero-order valence-electron chi connectivity index (χ0n) is 13.1. The van der Waals surface area contributed by atoms with Gasteiger partial charge >= 0.3 is 0 Å². The number of nitrogens with zero attached hydrogens (tertiary/aromatic N) is 2. The molecule has 1 aromatic heterocycles. The molecule has 2 atom stereocenters. The topological polar surface area (TPSA) is 33.2 Å². The second-order valence-corrected chi connectivity index (χ2v) is 10.4. The van der Waals surface area contributed by atoms with Crippen molar-refractivity contribution in [2.45, 2.75) is 55.8 Å². The lowest BCUT2D eigenvalue weighted by Crippen LogP contribution is -2.54. The largest absolute Gasteiger partial charge is 0.340 e. The second-order valence-electron chi connectivity index (χ2n) is 8.02. The molecule has 0 N–H and O–H groups in total. The summed E-state index contributed by atoms with van der Waals surface area (Å²) in [7, 11) is 1.92. The Morgan fingerprint density at radius 1 is 1.41 bits per heavy atom. The van der Waals surface area contributed by atoms with E-state index in [1.165, 1.54) is 38.5 Å². The van der Waals surface area contributed by atoms with Crippen LogP contribution >= 0.6 is 27.3 Å². The van der Waals surface area contributed by atoms with Crippen LogP contribution in [-0.2, 0) is 11.3 Å². The zero-order valence-corrected chi connectivity index (χ0v) is 15.5. The molecule has 1 amide bonds. The summed E-state index contributed by atoms with van der Waals surface area (Å²) in [6, 6.07) is 0. The average Bonchev–Trinajstić information content (AvgIpc) is 2.87. The van der Waals surface area contributed by atoms with Crippen LogP contribution in [0.15, 0.2) is 10.9 Å². The van der Waals surface area contributed by atoms with E-state index in [1.54, 1.807) is 11.3 Å². The van der Waals surface area contributed by atoms with Gasteiger partial charge in [0.25, 0.3) is 0 Å². The van der Waals surface area contributed by atoms with Crippen molar-refractivity contribution >= 4 is 33.2 Å². The Bertz CT molecular complexity index is 559. The van der Waals surface area contributed by atoms with Crippen LogP contribution in [0.5, 0.6) is 0 Å². The Balaban J connectivity index is 1.45. The maximum Gasteiger partial charge on any atom is 0.223 e. The number of alkyl halides is 1. The van der Waals surface area contributed by atoms with Crippen molar-refractivity contribution in [2.75, 3.05) is 7.05 Å². The molecule has 3 nitrogen and oxygen atoms in total. The predicted octanol–water partition coefficient (Wildman–Crippen LogP) is 4.23. The highest BCUT2D eigenvalue weighted by atomic mass is 79.9. The standard InChI is InChI=1S/C17H23BrN2OS/c1-20(8-14-9-22-11-19-14)15(21)7-16-3-12-2-13(4-16)6-17(18,5-12)10-16/h9,11-13H,2-8,10H2,1H3/t12-,13-,16?,17?/m1/s1. The molecule has 4 bridgehead atoms. The van der Waals surface area contributed by atoms with Crippen LogP contribution in [0, 0.1) is 17.3 Å². The highest BCUT2D eigenvalue weighted by Gasteiger charge is 2.57. The van der Waals surface area contributed by atoms with Gasteiger partial charge in [0.1, 0.15) is 0 Å². The first-order valence-electron chi connectivity index (χ1n) is 8.25. The minimum atomic E-state index is 0.265. The molecule has 4 aliphatic carbocycles. The van der Waals surface area contributed by atoms with Gasteiger partial charge in [0.15, 0.2) is 0 Å². The normalized spacial score (nSPS) is 39.2. The van der Waals surface area contributed by atoms with Crippen molar-refractivity contribution in [3.05, 3.63) is 16.6 Å². The fourth-order valence-corrected chi connectivity index (χ4v) is 7.71. The van der Waals surface area contributed by atoms with Crippen molar-refractivity contribution < 1.29 is 4.79 Å². The van der Waals surface area contributed by atoms with Crippen LogP contribution in [0.3, 0.4) is 0 Å². The molecule has 0 aromatic carbocycles. The zero-order chi connectivity index (χ0) is 15.4. The smallest absolute Gasteiger partial charge is 0.223 e. The number of hydrogen-bond donors (Lipinski definition) is 0. The van der Waals surface area contributed by atoms with E-state index in [2.05, 4.69) is 20.9 Å². The van der Waals surface area contributed by atoms with E-state index in [-0.39, 0.29) is 5.41 Å². The Kier molecular flexibility index (Phi) is 3.65. The third-order valence-electron chi connectivity index (χ3n) is 5.95. The number of carbonyl (C=O) groups excluding carboxylic acids is 1. The van der Waals surface area contributed by atoms with E-state index in [0.29, 0.717) is 16.8 Å². The van der Waals surface area contributed by atoms with E-state index in [4.69, 9.17) is 0 Å². The molecule has 0 unspecified atom stereocenters. The molecular formula is C17H23BrN2OS. The van der Waals surface area contributed by atoms with E-state index in [0.717, 1.165) is 24.0 Å². The second kappa shape index (κ2) is 5.30. The first-order chi connectivity index (χ1) is 10.5. The highest BCUT2D eigenvalue weighted by molar-refractivity contribution is 9.10. The van der Waals surface area contributed by atoms with Gasteiger partial charge in [-0.2, -0.15) is 0 Å².